The Balaban J connectivity index is 2.08. The first-order chi connectivity index (χ1) is 9.95. The summed E-state index contributed by atoms with van der Waals surface area (Å²) in [4.78, 5) is 12.3. The van der Waals surface area contributed by atoms with Crippen molar-refractivity contribution in [2.24, 2.45) is 0 Å². The lowest BCUT2D eigenvalue weighted by Crippen LogP contribution is -2.08. The highest BCUT2D eigenvalue weighted by Gasteiger charge is 2.11. The summed E-state index contributed by atoms with van der Waals surface area (Å²) in [5.41, 5.74) is 1.45. The third-order valence-corrected chi connectivity index (χ3v) is 3.06. The largest absolute Gasteiger partial charge is 0.491 e. The predicted octanol–water partition coefficient (Wildman–Crippen LogP) is 3.68. The Hall–Kier alpha value is -2.10. The Labute approximate surface area is 125 Å². The van der Waals surface area contributed by atoms with E-state index in [2.05, 4.69) is 18.9 Å². The van der Waals surface area contributed by atoms with Gasteiger partial charge in [-0.25, -0.2) is 0 Å². The zero-order chi connectivity index (χ0) is 15.4. The standard InChI is InChI=1S/C17H22N2O2/c1-12(2)19-9-8-15(18-19)11-17(20)14-6-5-7-16(10-14)21-13(3)4/h5-10,12-13H,11H2,1-4H3. The lowest BCUT2D eigenvalue weighted by Gasteiger charge is -2.10. The summed E-state index contributed by atoms with van der Waals surface area (Å²) in [6.07, 6.45) is 2.31. The van der Waals surface area contributed by atoms with Crippen molar-refractivity contribution in [1.82, 2.24) is 9.78 Å². The minimum absolute atomic E-state index is 0.0539. The van der Waals surface area contributed by atoms with E-state index in [0.717, 1.165) is 11.4 Å². The number of ketones is 1. The molecule has 0 radical (unpaired) electrons. The molecule has 0 unspecified atom stereocenters. The van der Waals surface area contributed by atoms with E-state index in [4.69, 9.17) is 4.74 Å². The molecule has 0 aliphatic carbocycles. The van der Waals surface area contributed by atoms with Crippen molar-refractivity contribution in [2.75, 3.05) is 0 Å². The van der Waals surface area contributed by atoms with Crippen molar-refractivity contribution in [3.8, 4) is 5.75 Å². The molecule has 0 fully saturated rings. The smallest absolute Gasteiger partial charge is 0.169 e. The molecule has 21 heavy (non-hydrogen) atoms. The SMILES string of the molecule is CC(C)Oc1cccc(C(=O)Cc2ccn(C(C)C)n2)c1. The van der Waals surface area contributed by atoms with Crippen molar-refractivity contribution in [3.63, 3.8) is 0 Å². The molecule has 0 N–H and O–H groups in total. The predicted molar refractivity (Wildman–Crippen MR) is 82.9 cm³/mol. The molecule has 4 heteroatoms. The van der Waals surface area contributed by atoms with Crippen LogP contribution >= 0.6 is 0 Å². The van der Waals surface area contributed by atoms with Gasteiger partial charge in [0.25, 0.3) is 0 Å². The molecule has 0 bridgehead atoms. The van der Waals surface area contributed by atoms with Gasteiger partial charge >= 0.3 is 0 Å². The first kappa shape index (κ1) is 15.3. The van der Waals surface area contributed by atoms with Crippen LogP contribution < -0.4 is 4.74 Å². The summed E-state index contributed by atoms with van der Waals surface area (Å²) in [5.74, 6) is 0.779. The third kappa shape index (κ3) is 4.18. The van der Waals surface area contributed by atoms with Gasteiger partial charge in [0.1, 0.15) is 5.75 Å². The maximum Gasteiger partial charge on any atom is 0.169 e. The summed E-state index contributed by atoms with van der Waals surface area (Å²) >= 11 is 0. The molecule has 2 aromatic rings. The second-order valence-corrected chi connectivity index (χ2v) is 5.68. The molecule has 0 aliphatic heterocycles. The average Bonchev–Trinajstić information content (AvgIpc) is 2.87. The fourth-order valence-electron chi connectivity index (χ4n) is 2.04. The number of hydrogen-bond acceptors (Lipinski definition) is 3. The number of ether oxygens (including phenoxy) is 1. The van der Waals surface area contributed by atoms with Crippen LogP contribution in [0.4, 0.5) is 0 Å². The second kappa shape index (κ2) is 6.57. The number of carbonyl (C=O) groups excluding carboxylic acids is 1. The molecule has 112 valence electrons. The number of rotatable bonds is 6. The monoisotopic (exact) mass is 286 g/mol. The van der Waals surface area contributed by atoms with Gasteiger partial charge < -0.3 is 4.74 Å². The van der Waals surface area contributed by atoms with Crippen molar-refractivity contribution in [3.05, 3.63) is 47.8 Å². The highest BCUT2D eigenvalue weighted by molar-refractivity contribution is 5.97. The van der Waals surface area contributed by atoms with Gasteiger partial charge in [-0.1, -0.05) is 12.1 Å². The Kier molecular flexibility index (Phi) is 4.78. The highest BCUT2D eigenvalue weighted by atomic mass is 16.5. The van der Waals surface area contributed by atoms with Gasteiger partial charge in [-0.3, -0.25) is 9.48 Å². The van der Waals surface area contributed by atoms with Crippen molar-refractivity contribution < 1.29 is 9.53 Å². The fourth-order valence-corrected chi connectivity index (χ4v) is 2.04. The zero-order valence-electron chi connectivity index (χ0n) is 13.0. The Morgan fingerprint density at radius 3 is 2.62 bits per heavy atom. The molecule has 1 aromatic carbocycles. The van der Waals surface area contributed by atoms with E-state index in [1.165, 1.54) is 0 Å². The summed E-state index contributed by atoms with van der Waals surface area (Å²) in [6, 6.07) is 9.52. The molecule has 4 nitrogen and oxygen atoms in total. The van der Waals surface area contributed by atoms with E-state index in [9.17, 15) is 4.79 Å². The topological polar surface area (TPSA) is 44.1 Å². The first-order valence-electron chi connectivity index (χ1n) is 7.29. The summed E-state index contributed by atoms with van der Waals surface area (Å²) < 4.78 is 7.48. The van der Waals surface area contributed by atoms with E-state index in [-0.39, 0.29) is 11.9 Å². The van der Waals surface area contributed by atoms with Crippen LogP contribution in [0.3, 0.4) is 0 Å². The quantitative estimate of drug-likeness (QED) is 0.761. The molecule has 0 amide bonds. The minimum atomic E-state index is 0.0539. The third-order valence-electron chi connectivity index (χ3n) is 3.06. The van der Waals surface area contributed by atoms with Gasteiger partial charge in [-0.2, -0.15) is 5.10 Å². The summed E-state index contributed by atoms with van der Waals surface area (Å²) in [5, 5.41) is 4.41. The van der Waals surface area contributed by atoms with Crippen LogP contribution in [0.1, 0.15) is 49.8 Å². The molecular formula is C17H22N2O2. The average molecular weight is 286 g/mol. The number of Topliss-reactive ketones (excluding diaryl/α,β-unsaturated/α-hetero) is 1. The first-order valence-corrected chi connectivity index (χ1v) is 7.29. The van der Waals surface area contributed by atoms with Crippen LogP contribution in [0.25, 0.3) is 0 Å². The van der Waals surface area contributed by atoms with E-state index < -0.39 is 0 Å². The number of nitrogens with zero attached hydrogens (tertiary/aromatic N) is 2. The number of benzene rings is 1. The minimum Gasteiger partial charge on any atom is -0.491 e. The van der Waals surface area contributed by atoms with Crippen LogP contribution in [0.15, 0.2) is 36.5 Å². The van der Waals surface area contributed by atoms with Gasteiger partial charge in [0, 0.05) is 17.8 Å². The Morgan fingerprint density at radius 2 is 2.00 bits per heavy atom. The molecule has 1 aromatic heterocycles. The molecular weight excluding hydrogens is 264 g/mol. The van der Waals surface area contributed by atoms with Crippen LogP contribution in [0.5, 0.6) is 5.75 Å². The number of aromatic nitrogens is 2. The number of carbonyl (C=O) groups is 1. The zero-order valence-corrected chi connectivity index (χ0v) is 13.0. The van der Waals surface area contributed by atoms with E-state index in [1.54, 1.807) is 6.07 Å². The maximum atomic E-state index is 12.3. The highest BCUT2D eigenvalue weighted by Crippen LogP contribution is 2.16. The molecule has 0 saturated heterocycles. The van der Waals surface area contributed by atoms with E-state index >= 15 is 0 Å². The van der Waals surface area contributed by atoms with Crippen LogP contribution in [0, 0.1) is 0 Å². The van der Waals surface area contributed by atoms with E-state index in [0.29, 0.717) is 18.0 Å². The molecule has 0 atom stereocenters. The molecule has 2 rings (SSSR count). The Bertz CT molecular complexity index is 615. The van der Waals surface area contributed by atoms with Gasteiger partial charge in [-0.15, -0.1) is 0 Å². The maximum absolute atomic E-state index is 12.3. The fraction of sp³-hybridized carbons (Fsp3) is 0.412. The van der Waals surface area contributed by atoms with Gasteiger partial charge in [0.05, 0.1) is 18.2 Å². The lowest BCUT2D eigenvalue weighted by atomic mass is 10.1. The molecule has 1 heterocycles. The molecule has 0 aliphatic rings. The van der Waals surface area contributed by atoms with Crippen molar-refractivity contribution in [2.45, 2.75) is 46.3 Å². The van der Waals surface area contributed by atoms with Crippen molar-refractivity contribution >= 4 is 5.78 Å². The molecule has 0 saturated carbocycles. The van der Waals surface area contributed by atoms with Crippen LogP contribution in [0.2, 0.25) is 0 Å². The van der Waals surface area contributed by atoms with Crippen LogP contribution in [-0.2, 0) is 6.42 Å². The lowest BCUT2D eigenvalue weighted by molar-refractivity contribution is 0.0991. The normalized spacial score (nSPS) is 11.1. The van der Waals surface area contributed by atoms with Crippen LogP contribution in [-0.4, -0.2) is 21.7 Å². The van der Waals surface area contributed by atoms with Gasteiger partial charge in [0.15, 0.2) is 5.78 Å². The summed E-state index contributed by atoms with van der Waals surface area (Å²) in [6.45, 7) is 8.05. The summed E-state index contributed by atoms with van der Waals surface area (Å²) in [7, 11) is 0. The van der Waals surface area contributed by atoms with Gasteiger partial charge in [0.2, 0.25) is 0 Å². The molecule has 0 spiro atoms. The van der Waals surface area contributed by atoms with Crippen molar-refractivity contribution in [1.29, 1.82) is 0 Å². The second-order valence-electron chi connectivity index (χ2n) is 5.68. The van der Waals surface area contributed by atoms with Gasteiger partial charge in [-0.05, 0) is 45.9 Å². The Morgan fingerprint density at radius 1 is 1.24 bits per heavy atom. The van der Waals surface area contributed by atoms with E-state index in [1.807, 2.05) is 49.0 Å². The number of hydrogen-bond donors (Lipinski definition) is 0.